The largest absolute Gasteiger partial charge is 0.509 e. The van der Waals surface area contributed by atoms with Gasteiger partial charge in [0.25, 0.3) is 0 Å². The summed E-state index contributed by atoms with van der Waals surface area (Å²) in [6.45, 7) is 15.9. The number of ether oxygens (including phenoxy) is 6. The summed E-state index contributed by atoms with van der Waals surface area (Å²) in [5.74, 6) is 0.659. The van der Waals surface area contributed by atoms with Crippen LogP contribution in [0.15, 0.2) is 48.5 Å². The number of methoxy groups -OCH3 is 1. The van der Waals surface area contributed by atoms with E-state index in [-0.39, 0.29) is 19.5 Å². The molecule has 1 aliphatic heterocycles. The van der Waals surface area contributed by atoms with Crippen LogP contribution < -0.4 is 15.4 Å². The molecule has 1 heterocycles. The summed E-state index contributed by atoms with van der Waals surface area (Å²) in [5.41, 5.74) is -0.155. The van der Waals surface area contributed by atoms with Crippen molar-refractivity contribution in [3.8, 4) is 5.75 Å². The minimum Gasteiger partial charge on any atom is -0.497 e. The topological polar surface area (TPSA) is 151 Å². The number of benzene rings is 2. The smallest absolute Gasteiger partial charge is 0.497 e. The highest BCUT2D eigenvalue weighted by atomic mass is 16.7. The Balaban J connectivity index is 1.50. The molecule has 2 aliphatic rings. The van der Waals surface area contributed by atoms with Crippen molar-refractivity contribution in [1.82, 2.24) is 15.5 Å². The van der Waals surface area contributed by atoms with Gasteiger partial charge in [0, 0.05) is 6.54 Å². The van der Waals surface area contributed by atoms with E-state index in [1.807, 2.05) is 57.2 Å². The number of rotatable bonds is 9. The first-order chi connectivity index (χ1) is 23.6. The summed E-state index contributed by atoms with van der Waals surface area (Å²) in [6.07, 6.45) is -3.09. The number of nitrogens with zero attached hydrogens (tertiary/aromatic N) is 1. The zero-order valence-electron chi connectivity index (χ0n) is 31.4. The molecule has 2 fully saturated rings. The standard InChI is InChI=1S/C38H53N3O10/c1-35(2,3)49-32(43)40-38(19-20-38)26-15-11-25(12-16-26)22-39-31(42)48-30-28(21-24-13-17-27(46-10)18-14-24)41(33(44)50-36(4,5)6)23-29(30)47-34(45)51-37(7,8)9/h11-18,28-30H,19-23H2,1-10H3,(H,39,42)(H,40,43)/t28-,29+,30+/m1/s1. The van der Waals surface area contributed by atoms with Crippen LogP contribution in [0.3, 0.4) is 0 Å². The molecule has 0 aromatic heterocycles. The molecule has 2 aromatic rings. The maximum absolute atomic E-state index is 13.5. The Morgan fingerprint density at radius 2 is 1.31 bits per heavy atom. The lowest BCUT2D eigenvalue weighted by atomic mass is 10.0. The molecule has 2 aromatic carbocycles. The van der Waals surface area contributed by atoms with Crippen molar-refractivity contribution >= 4 is 24.4 Å². The van der Waals surface area contributed by atoms with Crippen LogP contribution in [0.5, 0.6) is 5.75 Å². The van der Waals surface area contributed by atoms with Crippen LogP contribution in [-0.2, 0) is 42.2 Å². The maximum atomic E-state index is 13.5. The Kier molecular flexibility index (Phi) is 11.7. The molecule has 51 heavy (non-hydrogen) atoms. The van der Waals surface area contributed by atoms with Gasteiger partial charge in [-0.3, -0.25) is 4.90 Å². The molecular formula is C38H53N3O10. The van der Waals surface area contributed by atoms with Gasteiger partial charge in [0.05, 0.1) is 25.2 Å². The van der Waals surface area contributed by atoms with E-state index < -0.39 is 65.0 Å². The van der Waals surface area contributed by atoms with Gasteiger partial charge in [-0.2, -0.15) is 0 Å². The normalized spacial score (nSPS) is 19.7. The second kappa shape index (κ2) is 15.3. The number of likely N-dealkylation sites (tertiary alicyclic amines) is 1. The summed E-state index contributed by atoms with van der Waals surface area (Å²) in [7, 11) is 1.57. The molecule has 13 nitrogen and oxygen atoms in total. The molecule has 0 bridgehead atoms. The van der Waals surface area contributed by atoms with Gasteiger partial charge in [0.1, 0.15) is 22.6 Å². The highest BCUT2D eigenvalue weighted by Gasteiger charge is 2.50. The lowest BCUT2D eigenvalue weighted by molar-refractivity contribution is -0.0518. The summed E-state index contributed by atoms with van der Waals surface area (Å²) in [5, 5.41) is 5.77. The summed E-state index contributed by atoms with van der Waals surface area (Å²) in [4.78, 5) is 53.6. The van der Waals surface area contributed by atoms with E-state index >= 15 is 0 Å². The number of alkyl carbamates (subject to hydrolysis) is 2. The lowest BCUT2D eigenvalue weighted by Gasteiger charge is -2.30. The molecule has 4 rings (SSSR count). The highest BCUT2D eigenvalue weighted by molar-refractivity contribution is 5.71. The van der Waals surface area contributed by atoms with Crippen molar-refractivity contribution in [1.29, 1.82) is 0 Å². The SMILES string of the molecule is COc1ccc(C[C@@H]2[C@H](OC(=O)NCc3ccc(C4(NC(=O)OC(C)(C)C)CC4)cc3)[C@@H](OC(=O)OC(C)(C)C)CN2C(=O)OC(C)(C)C)cc1. The van der Waals surface area contributed by atoms with Gasteiger partial charge in [0.15, 0.2) is 12.2 Å². The van der Waals surface area contributed by atoms with Crippen LogP contribution in [0.2, 0.25) is 0 Å². The summed E-state index contributed by atoms with van der Waals surface area (Å²) in [6, 6.07) is 14.1. The fraction of sp³-hybridized carbons (Fsp3) is 0.579. The predicted molar refractivity (Wildman–Crippen MR) is 188 cm³/mol. The third kappa shape index (κ3) is 11.7. The van der Waals surface area contributed by atoms with Crippen LogP contribution in [0.1, 0.15) is 91.8 Å². The Labute approximate surface area is 300 Å². The Morgan fingerprint density at radius 3 is 1.84 bits per heavy atom. The summed E-state index contributed by atoms with van der Waals surface area (Å²) < 4.78 is 33.5. The quantitative estimate of drug-likeness (QED) is 0.206. The highest BCUT2D eigenvalue weighted by Crippen LogP contribution is 2.45. The first-order valence-corrected chi connectivity index (χ1v) is 17.2. The van der Waals surface area contributed by atoms with Gasteiger partial charge in [0.2, 0.25) is 0 Å². The van der Waals surface area contributed by atoms with Crippen molar-refractivity contribution < 1.29 is 47.6 Å². The average molecular weight is 712 g/mol. The molecular weight excluding hydrogens is 658 g/mol. The molecule has 0 spiro atoms. The zero-order valence-corrected chi connectivity index (χ0v) is 31.4. The molecule has 3 atom stereocenters. The molecule has 0 radical (unpaired) electrons. The lowest BCUT2D eigenvalue weighted by Crippen LogP contribution is -2.46. The monoisotopic (exact) mass is 711 g/mol. The fourth-order valence-electron chi connectivity index (χ4n) is 5.67. The third-order valence-electron chi connectivity index (χ3n) is 8.07. The molecule has 1 saturated heterocycles. The number of carbonyl (C=O) groups excluding carboxylic acids is 4. The van der Waals surface area contributed by atoms with Gasteiger partial charge in [-0.15, -0.1) is 0 Å². The second-order valence-corrected chi connectivity index (χ2v) is 16.0. The van der Waals surface area contributed by atoms with Gasteiger partial charge in [-0.25, -0.2) is 19.2 Å². The number of hydrogen-bond donors (Lipinski definition) is 2. The minimum atomic E-state index is -1.07. The zero-order chi connectivity index (χ0) is 37.8. The average Bonchev–Trinajstić information content (AvgIpc) is 3.70. The second-order valence-electron chi connectivity index (χ2n) is 16.0. The Hall–Kier alpha value is -4.68. The van der Waals surface area contributed by atoms with E-state index in [1.165, 1.54) is 4.90 Å². The van der Waals surface area contributed by atoms with Crippen LogP contribution in [0.4, 0.5) is 19.2 Å². The van der Waals surface area contributed by atoms with Crippen molar-refractivity contribution in [3.63, 3.8) is 0 Å². The van der Waals surface area contributed by atoms with Crippen LogP contribution in [0.25, 0.3) is 0 Å². The van der Waals surface area contributed by atoms with Crippen molar-refractivity contribution in [2.24, 2.45) is 0 Å². The molecule has 3 amide bonds. The van der Waals surface area contributed by atoms with Crippen LogP contribution in [-0.4, -0.2) is 78.0 Å². The molecule has 2 N–H and O–H groups in total. The number of carbonyl (C=O) groups is 4. The summed E-state index contributed by atoms with van der Waals surface area (Å²) >= 11 is 0. The molecule has 280 valence electrons. The molecule has 0 unspecified atom stereocenters. The Morgan fingerprint density at radius 1 is 0.745 bits per heavy atom. The first kappa shape index (κ1) is 39.1. The van der Waals surface area contributed by atoms with E-state index in [4.69, 9.17) is 28.4 Å². The van der Waals surface area contributed by atoms with Gasteiger partial charge < -0.3 is 39.1 Å². The third-order valence-corrected chi connectivity index (χ3v) is 8.07. The van der Waals surface area contributed by atoms with Gasteiger partial charge >= 0.3 is 24.4 Å². The molecule has 1 aliphatic carbocycles. The van der Waals surface area contributed by atoms with Gasteiger partial charge in [-0.05, 0) is 110 Å². The first-order valence-electron chi connectivity index (χ1n) is 17.2. The maximum Gasteiger partial charge on any atom is 0.509 e. The van der Waals surface area contributed by atoms with Crippen LogP contribution in [0, 0.1) is 0 Å². The van der Waals surface area contributed by atoms with Crippen molar-refractivity contribution in [2.45, 2.75) is 129 Å². The van der Waals surface area contributed by atoms with Gasteiger partial charge in [-0.1, -0.05) is 36.4 Å². The molecule has 13 heteroatoms. The number of hydrogen-bond acceptors (Lipinski definition) is 10. The van der Waals surface area contributed by atoms with Crippen molar-refractivity contribution in [2.75, 3.05) is 13.7 Å². The van der Waals surface area contributed by atoms with E-state index in [9.17, 15) is 19.2 Å². The Bertz CT molecular complexity index is 1530. The van der Waals surface area contributed by atoms with E-state index in [1.54, 1.807) is 60.8 Å². The van der Waals surface area contributed by atoms with E-state index in [0.717, 1.165) is 29.5 Å². The number of amides is 3. The van der Waals surface area contributed by atoms with Crippen LogP contribution >= 0.6 is 0 Å². The van der Waals surface area contributed by atoms with Crippen molar-refractivity contribution in [3.05, 3.63) is 65.2 Å². The minimum absolute atomic E-state index is 0.0898. The fourth-order valence-corrected chi connectivity index (χ4v) is 5.67. The van der Waals surface area contributed by atoms with E-state index in [2.05, 4.69) is 10.6 Å². The number of nitrogens with one attached hydrogen (secondary N) is 2. The predicted octanol–water partition coefficient (Wildman–Crippen LogP) is 6.99. The molecule has 1 saturated carbocycles. The van der Waals surface area contributed by atoms with E-state index in [0.29, 0.717) is 5.75 Å².